The van der Waals surface area contributed by atoms with Gasteiger partial charge in [0.25, 0.3) is 0 Å². The molecule has 0 bridgehead atoms. The average Bonchev–Trinajstić information content (AvgIpc) is 3.21. The van der Waals surface area contributed by atoms with Gasteiger partial charge >= 0.3 is 12.0 Å². The lowest BCUT2D eigenvalue weighted by atomic mass is 10.1. The maximum absolute atomic E-state index is 14.2. The maximum Gasteiger partial charge on any atom is 0.344 e. The highest BCUT2D eigenvalue weighted by Gasteiger charge is 2.24. The number of urea groups is 1. The highest BCUT2D eigenvalue weighted by Crippen LogP contribution is 2.31. The lowest BCUT2D eigenvalue weighted by Gasteiger charge is -2.26. The van der Waals surface area contributed by atoms with Gasteiger partial charge in [0.2, 0.25) is 5.88 Å². The van der Waals surface area contributed by atoms with Crippen LogP contribution < -0.4 is 15.4 Å². The number of hydrogen-bond acceptors (Lipinski definition) is 7. The van der Waals surface area contributed by atoms with E-state index in [2.05, 4.69) is 19.9 Å². The van der Waals surface area contributed by atoms with Crippen molar-refractivity contribution in [3.8, 4) is 5.88 Å². The van der Waals surface area contributed by atoms with Gasteiger partial charge in [-0.2, -0.15) is 4.37 Å². The smallest absolute Gasteiger partial charge is 0.344 e. The number of benzene rings is 1. The zero-order valence-electron chi connectivity index (χ0n) is 18.2. The Labute approximate surface area is 193 Å². The van der Waals surface area contributed by atoms with Crippen molar-refractivity contribution in [2.24, 2.45) is 0 Å². The summed E-state index contributed by atoms with van der Waals surface area (Å²) in [6, 6.07) is 2.26. The number of morpholine rings is 1. The molecule has 0 saturated carbocycles. The van der Waals surface area contributed by atoms with Crippen LogP contribution in [0.25, 0.3) is 0 Å². The second-order valence-electron chi connectivity index (χ2n) is 7.34. The van der Waals surface area contributed by atoms with Gasteiger partial charge in [-0.3, -0.25) is 10.2 Å². The van der Waals surface area contributed by atoms with Crippen LogP contribution in [0.2, 0.25) is 0 Å². The van der Waals surface area contributed by atoms with E-state index in [0.29, 0.717) is 26.2 Å². The van der Waals surface area contributed by atoms with Gasteiger partial charge in [-0.05, 0) is 36.5 Å². The first-order chi connectivity index (χ1) is 15.9. The monoisotopic (exact) mass is 484 g/mol. The molecule has 0 unspecified atom stereocenters. The van der Waals surface area contributed by atoms with Gasteiger partial charge in [-0.15, -0.1) is 0 Å². The maximum atomic E-state index is 14.2. The molecule has 9 nitrogen and oxygen atoms in total. The second-order valence-corrected chi connectivity index (χ2v) is 8.11. The van der Waals surface area contributed by atoms with E-state index in [1.807, 2.05) is 0 Å². The molecule has 1 saturated heterocycles. The molecule has 1 aromatic heterocycles. The molecule has 3 N–H and O–H groups in total. The third kappa shape index (κ3) is 6.59. The fraction of sp³-hybridized carbons (Fsp3) is 0.476. The van der Waals surface area contributed by atoms with E-state index in [4.69, 9.17) is 9.47 Å². The van der Waals surface area contributed by atoms with E-state index in [0.717, 1.165) is 37.6 Å². The lowest BCUT2D eigenvalue weighted by Crippen LogP contribution is -2.38. The van der Waals surface area contributed by atoms with Gasteiger partial charge in [0.05, 0.1) is 13.2 Å². The lowest BCUT2D eigenvalue weighted by molar-refractivity contribution is 0.0375. The Morgan fingerprint density at radius 1 is 1.24 bits per heavy atom. The van der Waals surface area contributed by atoms with Crippen molar-refractivity contribution in [1.29, 1.82) is 0 Å². The first-order valence-electron chi connectivity index (χ1n) is 10.6. The molecule has 2 amide bonds. The molecule has 1 aliphatic rings. The number of halogens is 2. The fourth-order valence-corrected chi connectivity index (χ4v) is 4.01. The molecule has 180 valence electrons. The van der Waals surface area contributed by atoms with Crippen LogP contribution in [-0.4, -0.2) is 65.8 Å². The van der Waals surface area contributed by atoms with Crippen molar-refractivity contribution >= 4 is 28.5 Å². The molecule has 1 aliphatic heterocycles. The molecule has 33 heavy (non-hydrogen) atoms. The molecular formula is C21H26F2N4O5S. The summed E-state index contributed by atoms with van der Waals surface area (Å²) in [5.74, 6) is -3.65. The summed E-state index contributed by atoms with van der Waals surface area (Å²) in [6.45, 7) is 5.64. The summed E-state index contributed by atoms with van der Waals surface area (Å²) in [4.78, 5) is 26.1. The van der Waals surface area contributed by atoms with Crippen molar-refractivity contribution < 1.29 is 33.0 Å². The van der Waals surface area contributed by atoms with E-state index >= 15 is 0 Å². The third-order valence-corrected chi connectivity index (χ3v) is 5.88. The minimum atomic E-state index is -1.37. The number of hydrogen-bond donors (Lipinski definition) is 3. The number of anilines is 1. The van der Waals surface area contributed by atoms with Crippen molar-refractivity contribution in [2.45, 2.75) is 26.4 Å². The highest BCUT2D eigenvalue weighted by atomic mass is 32.1. The number of carboxylic acid groups (broad SMARTS) is 1. The Hall–Kier alpha value is -2.83. The number of aromatic nitrogens is 1. The van der Waals surface area contributed by atoms with Crippen LogP contribution in [-0.2, 0) is 17.8 Å². The molecule has 0 spiro atoms. The number of aryl methyl sites for hydroxylation is 1. The highest BCUT2D eigenvalue weighted by molar-refractivity contribution is 7.11. The number of nitrogens with zero attached hydrogens (tertiary/aromatic N) is 2. The largest absolute Gasteiger partial charge is 0.477 e. The Bertz CT molecular complexity index is 982. The van der Waals surface area contributed by atoms with Gasteiger partial charge in [0.1, 0.15) is 11.6 Å². The SMILES string of the molecule is CCc1ccc(COc2nsc(NC(=O)NCCCN3CCOCC3)c2C(=O)O)c(F)c1F. The molecule has 2 aromatic rings. The Morgan fingerprint density at radius 3 is 2.64 bits per heavy atom. The topological polar surface area (TPSA) is 113 Å². The Kier molecular flexibility index (Phi) is 8.92. The number of carbonyl (C=O) groups excluding carboxylic acids is 1. The number of ether oxygens (including phenoxy) is 2. The van der Waals surface area contributed by atoms with Crippen LogP contribution in [0.4, 0.5) is 18.6 Å². The Morgan fingerprint density at radius 2 is 1.94 bits per heavy atom. The summed E-state index contributed by atoms with van der Waals surface area (Å²) in [7, 11) is 0. The molecule has 0 aliphatic carbocycles. The van der Waals surface area contributed by atoms with Crippen LogP contribution in [0.15, 0.2) is 12.1 Å². The van der Waals surface area contributed by atoms with Crippen molar-refractivity contribution in [3.63, 3.8) is 0 Å². The fourth-order valence-electron chi connectivity index (χ4n) is 3.28. The van der Waals surface area contributed by atoms with Crippen molar-refractivity contribution in [3.05, 3.63) is 40.5 Å². The van der Waals surface area contributed by atoms with Gasteiger partial charge in [0.15, 0.2) is 17.2 Å². The van der Waals surface area contributed by atoms with Crippen LogP contribution >= 0.6 is 11.5 Å². The predicted molar refractivity (Wildman–Crippen MR) is 118 cm³/mol. The zero-order chi connectivity index (χ0) is 23.8. The van der Waals surface area contributed by atoms with Crippen LogP contribution in [0.5, 0.6) is 5.88 Å². The van der Waals surface area contributed by atoms with Gasteiger partial charge in [-0.25, -0.2) is 18.4 Å². The van der Waals surface area contributed by atoms with E-state index in [9.17, 15) is 23.5 Å². The molecule has 0 radical (unpaired) electrons. The second kappa shape index (κ2) is 11.9. The third-order valence-electron chi connectivity index (χ3n) is 5.13. The predicted octanol–water partition coefficient (Wildman–Crippen LogP) is 3.10. The molecule has 2 heterocycles. The van der Waals surface area contributed by atoms with Crippen LogP contribution in [0.3, 0.4) is 0 Å². The van der Waals surface area contributed by atoms with Crippen LogP contribution in [0.1, 0.15) is 34.8 Å². The average molecular weight is 485 g/mol. The minimum absolute atomic E-state index is 0.0174. The molecule has 3 rings (SSSR count). The Balaban J connectivity index is 1.55. The number of amides is 2. The molecule has 0 atom stereocenters. The van der Waals surface area contributed by atoms with Gasteiger partial charge < -0.3 is 19.9 Å². The summed E-state index contributed by atoms with van der Waals surface area (Å²) < 4.78 is 42.7. The van der Waals surface area contributed by atoms with Crippen molar-refractivity contribution in [2.75, 3.05) is 44.7 Å². The minimum Gasteiger partial charge on any atom is -0.477 e. The number of rotatable bonds is 10. The zero-order valence-corrected chi connectivity index (χ0v) is 19.0. The first kappa shape index (κ1) is 24.8. The van der Waals surface area contributed by atoms with E-state index < -0.39 is 30.2 Å². The van der Waals surface area contributed by atoms with Gasteiger partial charge in [-0.1, -0.05) is 19.1 Å². The van der Waals surface area contributed by atoms with E-state index in [1.54, 1.807) is 6.92 Å². The number of carboxylic acids is 1. The number of carbonyl (C=O) groups is 2. The van der Waals surface area contributed by atoms with E-state index in [1.165, 1.54) is 12.1 Å². The van der Waals surface area contributed by atoms with Crippen LogP contribution in [0, 0.1) is 11.6 Å². The normalized spacial score (nSPS) is 14.2. The summed E-state index contributed by atoms with van der Waals surface area (Å²) in [5.41, 5.74) is -0.185. The molecule has 12 heteroatoms. The standard InChI is InChI=1S/C21H26F2N4O5S/c1-2-13-4-5-14(17(23)16(13)22)12-32-18-15(20(28)29)19(33-26-18)25-21(30)24-6-3-7-27-8-10-31-11-9-27/h4-5H,2-3,6-12H2,1H3,(H,28,29)(H2,24,25,30). The number of aromatic carboxylic acids is 1. The van der Waals surface area contributed by atoms with Gasteiger partial charge in [0, 0.05) is 25.2 Å². The number of nitrogens with one attached hydrogen (secondary N) is 2. The molecular weight excluding hydrogens is 458 g/mol. The summed E-state index contributed by atoms with van der Waals surface area (Å²) in [5, 5.41) is 14.7. The summed E-state index contributed by atoms with van der Waals surface area (Å²) >= 11 is 0.726. The summed E-state index contributed by atoms with van der Waals surface area (Å²) in [6.07, 6.45) is 1.07. The quantitative estimate of drug-likeness (QED) is 0.444. The first-order valence-corrected chi connectivity index (χ1v) is 11.3. The van der Waals surface area contributed by atoms with E-state index in [-0.39, 0.29) is 27.6 Å². The molecule has 1 aromatic carbocycles. The van der Waals surface area contributed by atoms with Crippen molar-refractivity contribution in [1.82, 2.24) is 14.6 Å². The molecule has 1 fully saturated rings.